The third-order valence-corrected chi connectivity index (χ3v) is 3.15. The fourth-order valence-electron chi connectivity index (χ4n) is 2.09. The summed E-state index contributed by atoms with van der Waals surface area (Å²) in [5, 5.41) is 3.24. The van der Waals surface area contributed by atoms with Gasteiger partial charge in [-0.15, -0.1) is 0 Å². The van der Waals surface area contributed by atoms with E-state index in [-0.39, 0.29) is 5.97 Å². The summed E-state index contributed by atoms with van der Waals surface area (Å²) in [4.78, 5) is 12.3. The van der Waals surface area contributed by atoms with E-state index in [0.717, 1.165) is 11.1 Å². The Morgan fingerprint density at radius 1 is 1.37 bits per heavy atom. The molecule has 0 amide bonds. The van der Waals surface area contributed by atoms with Gasteiger partial charge in [-0.1, -0.05) is 24.3 Å². The zero-order valence-corrected chi connectivity index (χ0v) is 12.2. The number of aryl methyl sites for hydroxylation is 1. The maximum Gasteiger partial charge on any atom is 0.330 e. The number of ether oxygens (including phenoxy) is 2. The Kier molecular flexibility index (Phi) is 5.99. The molecule has 4 heteroatoms. The highest BCUT2D eigenvalue weighted by atomic mass is 16.5. The summed E-state index contributed by atoms with van der Waals surface area (Å²) < 4.78 is 10.2. The van der Waals surface area contributed by atoms with Gasteiger partial charge >= 0.3 is 5.97 Å². The molecule has 0 aliphatic carbocycles. The SMILES string of the molecule is CCOC(=O)C(C)(NCCOC)c1ccccc1C. The molecule has 0 heterocycles. The predicted octanol–water partition coefficient (Wildman–Crippen LogP) is 2.01. The monoisotopic (exact) mass is 265 g/mol. The van der Waals surface area contributed by atoms with Crippen molar-refractivity contribution in [2.75, 3.05) is 26.9 Å². The van der Waals surface area contributed by atoms with Gasteiger partial charge < -0.3 is 9.47 Å². The molecule has 1 N–H and O–H groups in total. The first kappa shape index (κ1) is 15.7. The van der Waals surface area contributed by atoms with Crippen molar-refractivity contribution < 1.29 is 14.3 Å². The summed E-state index contributed by atoms with van der Waals surface area (Å²) in [5.74, 6) is -0.264. The first-order chi connectivity index (χ1) is 9.06. The van der Waals surface area contributed by atoms with Crippen LogP contribution in [0, 0.1) is 6.92 Å². The summed E-state index contributed by atoms with van der Waals surface area (Å²) in [6.07, 6.45) is 0. The third kappa shape index (κ3) is 3.78. The maximum absolute atomic E-state index is 12.3. The molecule has 0 bridgehead atoms. The number of benzene rings is 1. The summed E-state index contributed by atoms with van der Waals surface area (Å²) in [5.41, 5.74) is 1.15. The minimum absolute atomic E-state index is 0.264. The first-order valence-corrected chi connectivity index (χ1v) is 6.53. The molecule has 19 heavy (non-hydrogen) atoms. The van der Waals surface area contributed by atoms with Gasteiger partial charge in [0.15, 0.2) is 0 Å². The molecule has 0 saturated heterocycles. The second-order valence-corrected chi connectivity index (χ2v) is 4.58. The second kappa shape index (κ2) is 7.26. The van der Waals surface area contributed by atoms with E-state index in [4.69, 9.17) is 9.47 Å². The Morgan fingerprint density at radius 3 is 2.63 bits per heavy atom. The molecular weight excluding hydrogens is 242 g/mol. The molecule has 0 aromatic heterocycles. The molecule has 4 nitrogen and oxygen atoms in total. The van der Waals surface area contributed by atoms with Crippen LogP contribution >= 0.6 is 0 Å². The van der Waals surface area contributed by atoms with Crippen LogP contribution in [0.1, 0.15) is 25.0 Å². The normalized spacial score (nSPS) is 13.9. The van der Waals surface area contributed by atoms with Crippen LogP contribution in [-0.2, 0) is 19.8 Å². The molecule has 0 spiro atoms. The van der Waals surface area contributed by atoms with Crippen LogP contribution in [0.3, 0.4) is 0 Å². The highest BCUT2D eigenvalue weighted by Gasteiger charge is 2.37. The van der Waals surface area contributed by atoms with E-state index in [1.54, 1.807) is 7.11 Å². The molecule has 0 fully saturated rings. The molecule has 0 aliphatic heterocycles. The molecule has 0 radical (unpaired) electrons. The van der Waals surface area contributed by atoms with Crippen molar-refractivity contribution in [2.24, 2.45) is 0 Å². The Hall–Kier alpha value is -1.39. The van der Waals surface area contributed by atoms with Gasteiger partial charge in [-0.3, -0.25) is 5.32 Å². The van der Waals surface area contributed by atoms with Crippen LogP contribution in [-0.4, -0.2) is 32.8 Å². The molecule has 1 atom stereocenters. The lowest BCUT2D eigenvalue weighted by molar-refractivity contribution is -0.151. The van der Waals surface area contributed by atoms with E-state index >= 15 is 0 Å². The zero-order valence-electron chi connectivity index (χ0n) is 12.2. The van der Waals surface area contributed by atoms with Crippen LogP contribution in [0.4, 0.5) is 0 Å². The standard InChI is InChI=1S/C15H23NO3/c1-5-19-14(17)15(3,16-10-11-18-4)13-9-7-6-8-12(13)2/h6-9,16H,5,10-11H2,1-4H3. The average Bonchev–Trinajstić information content (AvgIpc) is 2.39. The quantitative estimate of drug-likeness (QED) is 0.605. The maximum atomic E-state index is 12.3. The smallest absolute Gasteiger partial charge is 0.330 e. The summed E-state index contributed by atoms with van der Waals surface area (Å²) >= 11 is 0. The van der Waals surface area contributed by atoms with E-state index in [9.17, 15) is 4.79 Å². The highest BCUT2D eigenvalue weighted by molar-refractivity contribution is 5.82. The fourth-order valence-corrected chi connectivity index (χ4v) is 2.09. The van der Waals surface area contributed by atoms with E-state index in [2.05, 4.69) is 5.32 Å². The molecule has 0 aliphatic rings. The Morgan fingerprint density at radius 2 is 2.05 bits per heavy atom. The van der Waals surface area contributed by atoms with Gasteiger partial charge in [0.1, 0.15) is 5.54 Å². The lowest BCUT2D eigenvalue weighted by atomic mass is 9.88. The Bertz CT molecular complexity index is 420. The first-order valence-electron chi connectivity index (χ1n) is 6.53. The molecule has 1 aromatic rings. The lowest BCUT2D eigenvalue weighted by Crippen LogP contribution is -2.49. The van der Waals surface area contributed by atoms with E-state index < -0.39 is 5.54 Å². The van der Waals surface area contributed by atoms with Crippen molar-refractivity contribution in [1.82, 2.24) is 5.32 Å². The van der Waals surface area contributed by atoms with Gasteiger partial charge in [0.25, 0.3) is 0 Å². The number of methoxy groups -OCH3 is 1. The number of hydrogen-bond donors (Lipinski definition) is 1. The summed E-state index contributed by atoms with van der Waals surface area (Å²) in [7, 11) is 1.64. The van der Waals surface area contributed by atoms with E-state index in [1.165, 1.54) is 0 Å². The third-order valence-electron chi connectivity index (χ3n) is 3.15. The molecular formula is C15H23NO3. The van der Waals surface area contributed by atoms with E-state index in [0.29, 0.717) is 19.8 Å². The largest absolute Gasteiger partial charge is 0.464 e. The van der Waals surface area contributed by atoms with Crippen LogP contribution in [0.5, 0.6) is 0 Å². The van der Waals surface area contributed by atoms with Crippen LogP contribution in [0.15, 0.2) is 24.3 Å². The van der Waals surface area contributed by atoms with Gasteiger partial charge in [0.05, 0.1) is 13.2 Å². The van der Waals surface area contributed by atoms with Crippen LogP contribution in [0.25, 0.3) is 0 Å². The molecule has 1 unspecified atom stereocenters. The predicted molar refractivity (Wildman–Crippen MR) is 75.0 cm³/mol. The van der Waals surface area contributed by atoms with Crippen molar-refractivity contribution in [3.8, 4) is 0 Å². The minimum Gasteiger partial charge on any atom is -0.464 e. The Balaban J connectivity index is 3.04. The number of carbonyl (C=O) groups excluding carboxylic acids is 1. The van der Waals surface area contributed by atoms with Gasteiger partial charge in [-0.2, -0.15) is 0 Å². The molecule has 0 saturated carbocycles. The summed E-state index contributed by atoms with van der Waals surface area (Å²) in [6, 6.07) is 7.83. The number of hydrogen-bond acceptors (Lipinski definition) is 4. The highest BCUT2D eigenvalue weighted by Crippen LogP contribution is 2.25. The van der Waals surface area contributed by atoms with Gasteiger partial charge in [-0.05, 0) is 31.9 Å². The molecule has 1 rings (SSSR count). The zero-order chi connectivity index (χ0) is 14.3. The van der Waals surface area contributed by atoms with E-state index in [1.807, 2.05) is 45.0 Å². The van der Waals surface area contributed by atoms with Crippen molar-refractivity contribution in [3.05, 3.63) is 35.4 Å². The average molecular weight is 265 g/mol. The lowest BCUT2D eigenvalue weighted by Gasteiger charge is -2.30. The van der Waals surface area contributed by atoms with Crippen molar-refractivity contribution >= 4 is 5.97 Å². The van der Waals surface area contributed by atoms with Gasteiger partial charge in [-0.25, -0.2) is 4.79 Å². The van der Waals surface area contributed by atoms with Gasteiger partial charge in [0, 0.05) is 13.7 Å². The number of carbonyl (C=O) groups is 1. The van der Waals surface area contributed by atoms with Crippen LogP contribution in [0.2, 0.25) is 0 Å². The van der Waals surface area contributed by atoms with Crippen LogP contribution < -0.4 is 5.32 Å². The van der Waals surface area contributed by atoms with Crippen molar-refractivity contribution in [3.63, 3.8) is 0 Å². The van der Waals surface area contributed by atoms with Crippen molar-refractivity contribution in [1.29, 1.82) is 0 Å². The number of rotatable bonds is 7. The topological polar surface area (TPSA) is 47.6 Å². The molecule has 1 aromatic carbocycles. The summed E-state index contributed by atoms with van der Waals surface area (Å²) in [6.45, 7) is 7.15. The fraction of sp³-hybridized carbons (Fsp3) is 0.533. The van der Waals surface area contributed by atoms with Gasteiger partial charge in [0.2, 0.25) is 0 Å². The number of esters is 1. The minimum atomic E-state index is -0.847. The Labute approximate surface area is 115 Å². The van der Waals surface area contributed by atoms with Crippen molar-refractivity contribution in [2.45, 2.75) is 26.3 Å². The number of nitrogens with one attached hydrogen (secondary N) is 1. The molecule has 106 valence electrons. The second-order valence-electron chi connectivity index (χ2n) is 4.58.